The first-order valence-electron chi connectivity index (χ1n) is 6.86. The molecule has 1 heteroatoms. The molecule has 0 radical (unpaired) electrons. The van der Waals surface area contributed by atoms with Gasteiger partial charge in [-0.15, -0.1) is 0 Å². The predicted octanol–water partition coefficient (Wildman–Crippen LogP) is 4.14. The fraction of sp³-hybridized carbons (Fsp3) is 0.412. The van der Waals surface area contributed by atoms with Crippen molar-refractivity contribution in [3.8, 4) is 0 Å². The standard InChI is InChI=1S/C17H23N/c1-18(2)17(16-12-6-7-13-16)14-8-5-11-15-9-3-4-10-15/h3-4,6-7,9-10,12-13,17H,5,8,11,14H2,1-2H3/q-2/t17-/m1/s1. The molecule has 0 aliphatic heterocycles. The van der Waals surface area contributed by atoms with Gasteiger partial charge >= 0.3 is 0 Å². The zero-order valence-corrected chi connectivity index (χ0v) is 11.5. The molecule has 0 spiro atoms. The van der Waals surface area contributed by atoms with Crippen LogP contribution in [-0.2, 0) is 6.42 Å². The van der Waals surface area contributed by atoms with Crippen molar-refractivity contribution < 1.29 is 0 Å². The molecule has 0 aromatic heterocycles. The van der Waals surface area contributed by atoms with Crippen LogP contribution in [0.2, 0.25) is 0 Å². The van der Waals surface area contributed by atoms with E-state index >= 15 is 0 Å². The van der Waals surface area contributed by atoms with E-state index in [0.29, 0.717) is 6.04 Å². The molecule has 98 valence electrons. The molecule has 0 saturated heterocycles. The summed E-state index contributed by atoms with van der Waals surface area (Å²) in [6, 6.07) is 18.0. The highest BCUT2D eigenvalue weighted by molar-refractivity contribution is 5.20. The third kappa shape index (κ3) is 3.58. The summed E-state index contributed by atoms with van der Waals surface area (Å²) in [5.41, 5.74) is 2.93. The molecule has 0 saturated carbocycles. The van der Waals surface area contributed by atoms with E-state index in [1.54, 1.807) is 0 Å². The molecule has 0 aliphatic carbocycles. The molecule has 2 rings (SSSR count). The minimum Gasteiger partial charge on any atom is -0.304 e. The topological polar surface area (TPSA) is 3.24 Å². The van der Waals surface area contributed by atoms with Crippen molar-refractivity contribution in [1.29, 1.82) is 0 Å². The maximum atomic E-state index is 2.33. The molecule has 0 fully saturated rings. The lowest BCUT2D eigenvalue weighted by Crippen LogP contribution is -2.19. The quantitative estimate of drug-likeness (QED) is 0.520. The van der Waals surface area contributed by atoms with Crippen molar-refractivity contribution in [2.24, 2.45) is 0 Å². The average molecular weight is 241 g/mol. The first-order valence-corrected chi connectivity index (χ1v) is 6.86. The molecule has 0 heterocycles. The highest BCUT2D eigenvalue weighted by atomic mass is 15.1. The van der Waals surface area contributed by atoms with Crippen LogP contribution in [0.3, 0.4) is 0 Å². The van der Waals surface area contributed by atoms with Gasteiger partial charge in [-0.3, -0.25) is 0 Å². The summed E-state index contributed by atoms with van der Waals surface area (Å²) >= 11 is 0. The van der Waals surface area contributed by atoms with E-state index in [0.717, 1.165) is 0 Å². The molecular weight excluding hydrogens is 218 g/mol. The van der Waals surface area contributed by atoms with Gasteiger partial charge in [-0.2, -0.15) is 35.4 Å². The predicted molar refractivity (Wildman–Crippen MR) is 78.1 cm³/mol. The Hall–Kier alpha value is -1.34. The summed E-state index contributed by atoms with van der Waals surface area (Å²) in [6.45, 7) is 0. The molecule has 2 aromatic carbocycles. The lowest BCUT2D eigenvalue weighted by molar-refractivity contribution is 0.278. The van der Waals surface area contributed by atoms with E-state index in [2.05, 4.69) is 67.5 Å². The van der Waals surface area contributed by atoms with E-state index in [4.69, 9.17) is 0 Å². The minimum atomic E-state index is 0.569. The van der Waals surface area contributed by atoms with E-state index in [1.165, 1.54) is 36.8 Å². The highest BCUT2D eigenvalue weighted by Crippen LogP contribution is 2.24. The number of rotatable bonds is 7. The molecular formula is C17H23N-2. The molecule has 18 heavy (non-hydrogen) atoms. The van der Waals surface area contributed by atoms with Gasteiger partial charge in [0.15, 0.2) is 0 Å². The molecule has 0 amide bonds. The van der Waals surface area contributed by atoms with Crippen molar-refractivity contribution in [3.05, 3.63) is 59.7 Å². The van der Waals surface area contributed by atoms with Crippen LogP contribution in [0.15, 0.2) is 48.5 Å². The lowest BCUT2D eigenvalue weighted by atomic mass is 10.0. The molecule has 0 bridgehead atoms. The summed E-state index contributed by atoms with van der Waals surface area (Å²) in [7, 11) is 4.35. The maximum Gasteiger partial charge on any atom is 0.0112 e. The van der Waals surface area contributed by atoms with Crippen molar-refractivity contribution >= 4 is 0 Å². The van der Waals surface area contributed by atoms with Gasteiger partial charge in [-0.1, -0.05) is 19.3 Å². The third-order valence-electron chi connectivity index (χ3n) is 3.62. The van der Waals surface area contributed by atoms with Crippen molar-refractivity contribution in [3.63, 3.8) is 0 Å². The Morgan fingerprint density at radius 3 is 2.44 bits per heavy atom. The monoisotopic (exact) mass is 241 g/mol. The fourth-order valence-electron chi connectivity index (χ4n) is 2.58. The van der Waals surface area contributed by atoms with E-state index in [-0.39, 0.29) is 0 Å². The molecule has 0 N–H and O–H groups in total. The third-order valence-corrected chi connectivity index (χ3v) is 3.62. The number of hydrogen-bond donors (Lipinski definition) is 0. The first kappa shape index (κ1) is 13.1. The zero-order chi connectivity index (χ0) is 12.8. The van der Waals surface area contributed by atoms with Gasteiger partial charge in [0.25, 0.3) is 0 Å². The minimum absolute atomic E-state index is 0.569. The summed E-state index contributed by atoms with van der Waals surface area (Å²) in [5.74, 6) is 0. The number of nitrogens with zero attached hydrogens (tertiary/aromatic N) is 1. The maximum absolute atomic E-state index is 2.33. The molecule has 0 unspecified atom stereocenters. The van der Waals surface area contributed by atoms with Crippen LogP contribution in [0.1, 0.15) is 36.4 Å². The smallest absolute Gasteiger partial charge is 0.0112 e. The van der Waals surface area contributed by atoms with Crippen LogP contribution in [0.4, 0.5) is 0 Å². The Balaban J connectivity index is 1.76. The van der Waals surface area contributed by atoms with Gasteiger partial charge in [0, 0.05) is 6.04 Å². The fourth-order valence-corrected chi connectivity index (χ4v) is 2.58. The van der Waals surface area contributed by atoms with Gasteiger partial charge in [0.2, 0.25) is 0 Å². The van der Waals surface area contributed by atoms with Crippen molar-refractivity contribution in [2.45, 2.75) is 31.7 Å². The van der Waals surface area contributed by atoms with Gasteiger partial charge in [0.1, 0.15) is 0 Å². The zero-order valence-electron chi connectivity index (χ0n) is 11.5. The van der Waals surface area contributed by atoms with Crippen LogP contribution in [0.25, 0.3) is 0 Å². The Labute approximate surface area is 111 Å². The first-order chi connectivity index (χ1) is 8.77. The van der Waals surface area contributed by atoms with Gasteiger partial charge < -0.3 is 4.90 Å². The van der Waals surface area contributed by atoms with E-state index < -0.39 is 0 Å². The van der Waals surface area contributed by atoms with E-state index in [1.807, 2.05) is 0 Å². The number of aryl methyl sites for hydroxylation is 1. The molecule has 2 aromatic rings. The number of hydrogen-bond acceptors (Lipinski definition) is 1. The Bertz CT molecular complexity index is 408. The van der Waals surface area contributed by atoms with Gasteiger partial charge in [-0.25, -0.2) is 24.3 Å². The summed E-state index contributed by atoms with van der Waals surface area (Å²) < 4.78 is 0. The Morgan fingerprint density at radius 2 is 1.83 bits per heavy atom. The SMILES string of the molecule is CN(C)[C@H](CCCCc1ccc[cH-]1)c1ccc[cH-]1. The summed E-state index contributed by atoms with van der Waals surface area (Å²) in [6.07, 6.45) is 5.04. The Kier molecular flexibility index (Phi) is 4.77. The largest absolute Gasteiger partial charge is 0.304 e. The van der Waals surface area contributed by atoms with E-state index in [9.17, 15) is 0 Å². The second-order valence-electron chi connectivity index (χ2n) is 5.24. The second kappa shape index (κ2) is 6.55. The van der Waals surface area contributed by atoms with Crippen LogP contribution >= 0.6 is 0 Å². The normalized spacial score (nSPS) is 13.1. The van der Waals surface area contributed by atoms with Crippen LogP contribution in [0.5, 0.6) is 0 Å². The Morgan fingerprint density at radius 1 is 1.06 bits per heavy atom. The molecule has 1 atom stereocenters. The summed E-state index contributed by atoms with van der Waals surface area (Å²) in [5, 5.41) is 0. The van der Waals surface area contributed by atoms with Gasteiger partial charge in [0.05, 0.1) is 0 Å². The van der Waals surface area contributed by atoms with Crippen molar-refractivity contribution in [2.75, 3.05) is 14.1 Å². The summed E-state index contributed by atoms with van der Waals surface area (Å²) in [4.78, 5) is 2.33. The van der Waals surface area contributed by atoms with Gasteiger partial charge in [-0.05, 0) is 20.5 Å². The number of unbranched alkanes of at least 4 members (excludes halogenated alkanes) is 1. The van der Waals surface area contributed by atoms with Crippen LogP contribution in [-0.4, -0.2) is 19.0 Å². The van der Waals surface area contributed by atoms with Crippen molar-refractivity contribution in [1.82, 2.24) is 4.90 Å². The van der Waals surface area contributed by atoms with Crippen LogP contribution < -0.4 is 0 Å². The second-order valence-corrected chi connectivity index (χ2v) is 5.24. The van der Waals surface area contributed by atoms with Crippen LogP contribution in [0, 0.1) is 0 Å². The average Bonchev–Trinajstić information content (AvgIpc) is 3.00. The molecule has 1 nitrogen and oxygen atoms in total. The molecule has 0 aliphatic rings. The highest BCUT2D eigenvalue weighted by Gasteiger charge is 2.09. The lowest BCUT2D eigenvalue weighted by Gasteiger charge is -2.26.